The molecule has 3 aromatic rings. The van der Waals surface area contributed by atoms with Gasteiger partial charge in [-0.1, -0.05) is 25.1 Å². The molecule has 0 aliphatic heterocycles. The zero-order valence-electron chi connectivity index (χ0n) is 11.0. The molecule has 0 unspecified atom stereocenters. The Balaban J connectivity index is 2.06. The molecular formula is C14H15N5. The van der Waals surface area contributed by atoms with Crippen molar-refractivity contribution in [1.82, 2.24) is 19.7 Å². The number of nitrogens with one attached hydrogen (secondary N) is 1. The van der Waals surface area contributed by atoms with Crippen LogP contribution in [0.3, 0.4) is 0 Å². The van der Waals surface area contributed by atoms with Gasteiger partial charge in [-0.2, -0.15) is 5.10 Å². The highest BCUT2D eigenvalue weighted by atomic mass is 15.3. The molecule has 0 amide bonds. The lowest BCUT2D eigenvalue weighted by Crippen LogP contribution is -1.99. The highest BCUT2D eigenvalue weighted by molar-refractivity contribution is 5.88. The van der Waals surface area contributed by atoms with E-state index in [-0.39, 0.29) is 0 Å². The van der Waals surface area contributed by atoms with Crippen LogP contribution < -0.4 is 5.32 Å². The van der Waals surface area contributed by atoms with Crippen LogP contribution in [-0.4, -0.2) is 19.7 Å². The van der Waals surface area contributed by atoms with Gasteiger partial charge < -0.3 is 5.32 Å². The summed E-state index contributed by atoms with van der Waals surface area (Å²) in [5.41, 5.74) is 3.17. The van der Waals surface area contributed by atoms with Gasteiger partial charge in [0.25, 0.3) is 0 Å². The van der Waals surface area contributed by atoms with Crippen LogP contribution in [0, 0.1) is 0 Å². The number of rotatable bonds is 3. The number of aryl methyl sites for hydroxylation is 2. The molecule has 5 heteroatoms. The van der Waals surface area contributed by atoms with Gasteiger partial charge in [0.2, 0.25) is 0 Å². The van der Waals surface area contributed by atoms with Crippen LogP contribution in [0.4, 0.5) is 11.5 Å². The average Bonchev–Trinajstić information content (AvgIpc) is 2.82. The highest BCUT2D eigenvalue weighted by Crippen LogP contribution is 2.24. The van der Waals surface area contributed by atoms with Crippen LogP contribution in [0.2, 0.25) is 0 Å². The van der Waals surface area contributed by atoms with E-state index in [4.69, 9.17) is 0 Å². The number of fused-ring (bicyclic) bond motifs is 1. The smallest absolute Gasteiger partial charge is 0.163 e. The summed E-state index contributed by atoms with van der Waals surface area (Å²) in [7, 11) is 1.87. The molecular weight excluding hydrogens is 238 g/mol. The molecule has 0 radical (unpaired) electrons. The van der Waals surface area contributed by atoms with Crippen molar-refractivity contribution in [2.75, 3.05) is 5.32 Å². The van der Waals surface area contributed by atoms with Crippen LogP contribution in [0.5, 0.6) is 0 Å². The molecule has 2 heterocycles. The first kappa shape index (κ1) is 11.6. The number of hydrogen-bond acceptors (Lipinski definition) is 4. The summed E-state index contributed by atoms with van der Waals surface area (Å²) in [6, 6.07) is 8.24. The van der Waals surface area contributed by atoms with E-state index >= 15 is 0 Å². The lowest BCUT2D eigenvalue weighted by Gasteiger charge is -2.10. The van der Waals surface area contributed by atoms with E-state index in [1.807, 2.05) is 19.2 Å². The van der Waals surface area contributed by atoms with Gasteiger partial charge in [0, 0.05) is 12.7 Å². The first-order valence-corrected chi connectivity index (χ1v) is 6.27. The molecule has 0 fully saturated rings. The molecule has 0 spiro atoms. The maximum atomic E-state index is 4.32. The maximum absolute atomic E-state index is 4.32. The second-order valence-electron chi connectivity index (χ2n) is 4.36. The fourth-order valence-electron chi connectivity index (χ4n) is 2.14. The zero-order chi connectivity index (χ0) is 13.2. The van der Waals surface area contributed by atoms with Crippen molar-refractivity contribution in [2.45, 2.75) is 13.3 Å². The molecule has 5 nitrogen and oxygen atoms in total. The van der Waals surface area contributed by atoms with Gasteiger partial charge in [0.05, 0.1) is 11.6 Å². The van der Waals surface area contributed by atoms with E-state index in [1.165, 1.54) is 5.56 Å². The molecule has 96 valence electrons. The maximum Gasteiger partial charge on any atom is 0.163 e. The van der Waals surface area contributed by atoms with Crippen LogP contribution in [0.25, 0.3) is 11.0 Å². The van der Waals surface area contributed by atoms with Gasteiger partial charge in [-0.15, -0.1) is 0 Å². The molecule has 1 N–H and O–H groups in total. The van der Waals surface area contributed by atoms with Crippen LogP contribution in [0.1, 0.15) is 12.5 Å². The Morgan fingerprint density at radius 1 is 1.21 bits per heavy atom. The van der Waals surface area contributed by atoms with Gasteiger partial charge >= 0.3 is 0 Å². The highest BCUT2D eigenvalue weighted by Gasteiger charge is 2.09. The monoisotopic (exact) mass is 253 g/mol. The SMILES string of the molecule is CCc1ccccc1Nc1ncnc2c1cnn2C. The Morgan fingerprint density at radius 2 is 2.05 bits per heavy atom. The molecule has 0 aliphatic carbocycles. The predicted molar refractivity (Wildman–Crippen MR) is 75.4 cm³/mol. The first-order chi connectivity index (χ1) is 9.29. The lowest BCUT2D eigenvalue weighted by molar-refractivity contribution is 0.785. The number of nitrogens with zero attached hydrogens (tertiary/aromatic N) is 4. The molecule has 0 aliphatic rings. The van der Waals surface area contributed by atoms with E-state index in [2.05, 4.69) is 39.4 Å². The Morgan fingerprint density at radius 3 is 2.89 bits per heavy atom. The minimum absolute atomic E-state index is 0.791. The lowest BCUT2D eigenvalue weighted by atomic mass is 10.1. The molecule has 19 heavy (non-hydrogen) atoms. The van der Waals surface area contributed by atoms with Crippen molar-refractivity contribution in [1.29, 1.82) is 0 Å². The van der Waals surface area contributed by atoms with Crippen LogP contribution in [0.15, 0.2) is 36.8 Å². The van der Waals surface area contributed by atoms with Crippen molar-refractivity contribution < 1.29 is 0 Å². The number of benzene rings is 1. The summed E-state index contributed by atoms with van der Waals surface area (Å²) in [6.07, 6.45) is 4.32. The average molecular weight is 253 g/mol. The predicted octanol–water partition coefficient (Wildman–Crippen LogP) is 2.67. The molecule has 3 rings (SSSR count). The quantitative estimate of drug-likeness (QED) is 0.779. The summed E-state index contributed by atoms with van der Waals surface area (Å²) >= 11 is 0. The van der Waals surface area contributed by atoms with E-state index in [0.29, 0.717) is 0 Å². The normalized spacial score (nSPS) is 10.8. The van der Waals surface area contributed by atoms with Crippen molar-refractivity contribution >= 4 is 22.5 Å². The molecule has 0 atom stereocenters. The van der Waals surface area contributed by atoms with Gasteiger partial charge in [0.15, 0.2) is 5.65 Å². The Bertz CT molecular complexity index is 717. The number of anilines is 2. The summed E-state index contributed by atoms with van der Waals surface area (Å²) in [5, 5.41) is 8.52. The van der Waals surface area contributed by atoms with Gasteiger partial charge in [0.1, 0.15) is 12.1 Å². The largest absolute Gasteiger partial charge is 0.339 e. The minimum atomic E-state index is 0.791. The van der Waals surface area contributed by atoms with Crippen LogP contribution >= 0.6 is 0 Å². The summed E-state index contributed by atoms with van der Waals surface area (Å²) in [6.45, 7) is 2.14. The number of para-hydroxylation sites is 1. The standard InChI is InChI=1S/C14H15N5/c1-3-10-6-4-5-7-12(10)18-13-11-8-17-19(2)14(11)16-9-15-13/h4-9H,3H2,1-2H3,(H,15,16,18). The third kappa shape index (κ3) is 2.03. The topological polar surface area (TPSA) is 55.6 Å². The van der Waals surface area contributed by atoms with Crippen molar-refractivity contribution in [3.8, 4) is 0 Å². The molecule has 0 saturated carbocycles. The van der Waals surface area contributed by atoms with Crippen molar-refractivity contribution in [2.24, 2.45) is 7.05 Å². The van der Waals surface area contributed by atoms with Crippen molar-refractivity contribution in [3.63, 3.8) is 0 Å². The molecule has 2 aromatic heterocycles. The number of hydrogen-bond donors (Lipinski definition) is 1. The first-order valence-electron chi connectivity index (χ1n) is 6.27. The summed E-state index contributed by atoms with van der Waals surface area (Å²) in [4.78, 5) is 8.55. The zero-order valence-corrected chi connectivity index (χ0v) is 11.0. The fourth-order valence-corrected chi connectivity index (χ4v) is 2.14. The fraction of sp³-hybridized carbons (Fsp3) is 0.214. The summed E-state index contributed by atoms with van der Waals surface area (Å²) < 4.78 is 1.74. The molecule has 0 bridgehead atoms. The van der Waals surface area contributed by atoms with Gasteiger partial charge in [-0.05, 0) is 18.1 Å². The molecule has 1 aromatic carbocycles. The second kappa shape index (κ2) is 4.68. The van der Waals surface area contributed by atoms with E-state index in [0.717, 1.165) is 29.0 Å². The van der Waals surface area contributed by atoms with E-state index in [9.17, 15) is 0 Å². The van der Waals surface area contributed by atoms with Crippen molar-refractivity contribution in [3.05, 3.63) is 42.4 Å². The van der Waals surface area contributed by atoms with E-state index in [1.54, 1.807) is 17.2 Å². The van der Waals surface area contributed by atoms with Gasteiger partial charge in [-0.25, -0.2) is 9.97 Å². The number of aromatic nitrogens is 4. The van der Waals surface area contributed by atoms with Crippen LogP contribution in [-0.2, 0) is 13.5 Å². The Hall–Kier alpha value is -2.43. The Kier molecular flexibility index (Phi) is 2.87. The third-order valence-electron chi connectivity index (χ3n) is 3.18. The van der Waals surface area contributed by atoms with Gasteiger partial charge in [-0.3, -0.25) is 4.68 Å². The summed E-state index contributed by atoms with van der Waals surface area (Å²) in [5.74, 6) is 0.791. The van der Waals surface area contributed by atoms with E-state index < -0.39 is 0 Å². The molecule has 0 saturated heterocycles. The second-order valence-corrected chi connectivity index (χ2v) is 4.36. The minimum Gasteiger partial charge on any atom is -0.339 e. The third-order valence-corrected chi connectivity index (χ3v) is 3.18. The Labute approximate surface area is 111 Å².